The van der Waals surface area contributed by atoms with Gasteiger partial charge in [0.25, 0.3) is 0 Å². The van der Waals surface area contributed by atoms with Crippen LogP contribution in [0.3, 0.4) is 0 Å². The van der Waals surface area contributed by atoms with Crippen LogP contribution < -0.4 is 4.90 Å². The van der Waals surface area contributed by atoms with E-state index in [0.717, 1.165) is 16.9 Å². The first-order chi connectivity index (χ1) is 12.7. The van der Waals surface area contributed by atoms with Gasteiger partial charge in [0, 0.05) is 38.6 Å². The van der Waals surface area contributed by atoms with Crippen molar-refractivity contribution in [3.8, 4) is 0 Å². The number of hydrogen-bond acceptors (Lipinski definition) is 5. The third-order valence-corrected chi connectivity index (χ3v) is 4.54. The quantitative estimate of drug-likeness (QED) is 0.723. The molecule has 1 aromatic carbocycles. The van der Waals surface area contributed by atoms with Gasteiger partial charge in [0.1, 0.15) is 17.2 Å². The average molecular weight is 351 g/mol. The van der Waals surface area contributed by atoms with Gasteiger partial charge in [-0.05, 0) is 29.8 Å². The molecule has 0 aliphatic carbocycles. The topological polar surface area (TPSA) is 62.2 Å². The molecule has 0 bridgehead atoms. The first-order valence-corrected chi connectivity index (χ1v) is 8.54. The van der Waals surface area contributed by atoms with Crippen LogP contribution in [0.2, 0.25) is 0 Å². The lowest BCUT2D eigenvalue weighted by molar-refractivity contribution is -0.130. The average Bonchev–Trinajstić information content (AvgIpc) is 2.69. The lowest BCUT2D eigenvalue weighted by Gasteiger charge is -2.35. The van der Waals surface area contributed by atoms with Crippen molar-refractivity contribution in [2.45, 2.75) is 6.42 Å². The highest BCUT2D eigenvalue weighted by molar-refractivity contribution is 5.79. The summed E-state index contributed by atoms with van der Waals surface area (Å²) in [6.07, 6.45) is 3.57. The van der Waals surface area contributed by atoms with E-state index in [0.29, 0.717) is 38.2 Å². The third-order valence-electron chi connectivity index (χ3n) is 4.54. The highest BCUT2D eigenvalue weighted by atomic mass is 19.1. The van der Waals surface area contributed by atoms with E-state index in [1.54, 1.807) is 24.5 Å². The van der Waals surface area contributed by atoms with Gasteiger partial charge in [-0.1, -0.05) is 12.1 Å². The SMILES string of the molecule is O=C(Cc1ccc(F)cc1)N1CCN(c2ccc3nccnc3n2)CC1. The molecule has 2 aromatic heterocycles. The highest BCUT2D eigenvalue weighted by Gasteiger charge is 2.22. The minimum atomic E-state index is -0.289. The fourth-order valence-corrected chi connectivity index (χ4v) is 3.09. The summed E-state index contributed by atoms with van der Waals surface area (Å²) in [6.45, 7) is 2.71. The molecular formula is C19H18FN5O. The van der Waals surface area contributed by atoms with Crippen molar-refractivity contribution in [1.82, 2.24) is 19.9 Å². The van der Waals surface area contributed by atoms with E-state index in [2.05, 4.69) is 19.9 Å². The van der Waals surface area contributed by atoms with Gasteiger partial charge < -0.3 is 9.80 Å². The lowest BCUT2D eigenvalue weighted by atomic mass is 10.1. The molecule has 0 N–H and O–H groups in total. The molecule has 0 atom stereocenters. The Kier molecular flexibility index (Phi) is 4.43. The molecule has 26 heavy (non-hydrogen) atoms. The Hall–Kier alpha value is -3.09. The number of aromatic nitrogens is 3. The van der Waals surface area contributed by atoms with Gasteiger partial charge in [-0.3, -0.25) is 9.78 Å². The van der Waals surface area contributed by atoms with E-state index in [9.17, 15) is 9.18 Å². The van der Waals surface area contributed by atoms with Crippen LogP contribution >= 0.6 is 0 Å². The zero-order valence-electron chi connectivity index (χ0n) is 14.2. The maximum absolute atomic E-state index is 13.0. The molecule has 0 spiro atoms. The minimum absolute atomic E-state index is 0.0635. The number of amides is 1. The van der Waals surface area contributed by atoms with Crippen LogP contribution in [0.25, 0.3) is 11.2 Å². The van der Waals surface area contributed by atoms with Crippen molar-refractivity contribution in [1.29, 1.82) is 0 Å². The monoisotopic (exact) mass is 351 g/mol. The Morgan fingerprint density at radius 1 is 0.962 bits per heavy atom. The van der Waals surface area contributed by atoms with Crippen molar-refractivity contribution >= 4 is 22.9 Å². The number of fused-ring (bicyclic) bond motifs is 1. The predicted molar refractivity (Wildman–Crippen MR) is 96.2 cm³/mol. The molecular weight excluding hydrogens is 333 g/mol. The van der Waals surface area contributed by atoms with Gasteiger partial charge in [0.05, 0.1) is 6.42 Å². The Morgan fingerprint density at radius 2 is 1.69 bits per heavy atom. The molecule has 0 unspecified atom stereocenters. The second-order valence-electron chi connectivity index (χ2n) is 6.24. The van der Waals surface area contributed by atoms with Crippen LogP contribution in [0.4, 0.5) is 10.2 Å². The molecule has 1 aliphatic rings. The molecule has 4 rings (SSSR count). The van der Waals surface area contributed by atoms with Gasteiger partial charge >= 0.3 is 0 Å². The van der Waals surface area contributed by atoms with Gasteiger partial charge in [0.2, 0.25) is 5.91 Å². The zero-order chi connectivity index (χ0) is 17.9. The van der Waals surface area contributed by atoms with Crippen LogP contribution in [0.15, 0.2) is 48.8 Å². The summed E-state index contributed by atoms with van der Waals surface area (Å²) in [7, 11) is 0. The molecule has 0 saturated carbocycles. The van der Waals surface area contributed by atoms with Crippen molar-refractivity contribution in [3.63, 3.8) is 0 Å². The number of nitrogens with zero attached hydrogens (tertiary/aromatic N) is 5. The summed E-state index contributed by atoms with van der Waals surface area (Å²) < 4.78 is 13.0. The highest BCUT2D eigenvalue weighted by Crippen LogP contribution is 2.17. The molecule has 3 aromatic rings. The third kappa shape index (κ3) is 3.46. The number of carbonyl (C=O) groups excluding carboxylic acids is 1. The van der Waals surface area contributed by atoms with Crippen molar-refractivity contribution in [2.75, 3.05) is 31.1 Å². The number of anilines is 1. The fourth-order valence-electron chi connectivity index (χ4n) is 3.09. The molecule has 1 saturated heterocycles. The number of carbonyl (C=O) groups is 1. The maximum Gasteiger partial charge on any atom is 0.227 e. The zero-order valence-corrected chi connectivity index (χ0v) is 14.2. The Labute approximate surface area is 150 Å². The first kappa shape index (κ1) is 16.4. The van der Waals surface area contributed by atoms with E-state index in [1.807, 2.05) is 17.0 Å². The Bertz CT molecular complexity index is 923. The Morgan fingerprint density at radius 3 is 2.46 bits per heavy atom. The van der Waals surface area contributed by atoms with E-state index >= 15 is 0 Å². The summed E-state index contributed by atoms with van der Waals surface area (Å²) >= 11 is 0. The van der Waals surface area contributed by atoms with Crippen molar-refractivity contribution in [3.05, 3.63) is 60.2 Å². The second-order valence-corrected chi connectivity index (χ2v) is 6.24. The number of hydrogen-bond donors (Lipinski definition) is 0. The smallest absolute Gasteiger partial charge is 0.227 e. The molecule has 6 nitrogen and oxygen atoms in total. The number of pyridine rings is 1. The predicted octanol–water partition coefficient (Wildman–Crippen LogP) is 2.06. The molecule has 1 amide bonds. The van der Waals surface area contributed by atoms with Gasteiger partial charge in [-0.2, -0.15) is 0 Å². The largest absolute Gasteiger partial charge is 0.353 e. The normalized spacial score (nSPS) is 14.7. The van der Waals surface area contributed by atoms with E-state index in [-0.39, 0.29) is 11.7 Å². The maximum atomic E-state index is 13.0. The van der Waals surface area contributed by atoms with Gasteiger partial charge in [-0.15, -0.1) is 0 Å². The molecule has 1 fully saturated rings. The van der Waals surface area contributed by atoms with Crippen molar-refractivity contribution < 1.29 is 9.18 Å². The summed E-state index contributed by atoms with van der Waals surface area (Å²) in [6, 6.07) is 9.93. The van der Waals surface area contributed by atoms with E-state index in [1.165, 1.54) is 12.1 Å². The Balaban J connectivity index is 1.38. The van der Waals surface area contributed by atoms with Crippen LogP contribution in [0.5, 0.6) is 0 Å². The summed E-state index contributed by atoms with van der Waals surface area (Å²) in [4.78, 5) is 29.5. The summed E-state index contributed by atoms with van der Waals surface area (Å²) in [5, 5.41) is 0. The summed E-state index contributed by atoms with van der Waals surface area (Å²) in [5.74, 6) is 0.625. The fraction of sp³-hybridized carbons (Fsp3) is 0.263. The minimum Gasteiger partial charge on any atom is -0.353 e. The van der Waals surface area contributed by atoms with E-state index < -0.39 is 0 Å². The molecule has 132 valence electrons. The lowest BCUT2D eigenvalue weighted by Crippen LogP contribution is -2.49. The molecule has 0 radical (unpaired) electrons. The van der Waals surface area contributed by atoms with Crippen LogP contribution in [0, 0.1) is 5.82 Å². The van der Waals surface area contributed by atoms with Crippen LogP contribution in [-0.4, -0.2) is 51.9 Å². The van der Waals surface area contributed by atoms with Crippen LogP contribution in [0.1, 0.15) is 5.56 Å². The van der Waals surface area contributed by atoms with Crippen molar-refractivity contribution in [2.24, 2.45) is 0 Å². The molecule has 3 heterocycles. The molecule has 1 aliphatic heterocycles. The van der Waals surface area contributed by atoms with Gasteiger partial charge in [0.15, 0.2) is 5.65 Å². The molecule has 7 heteroatoms. The van der Waals surface area contributed by atoms with Gasteiger partial charge in [-0.25, -0.2) is 14.4 Å². The number of piperazine rings is 1. The number of benzene rings is 1. The number of halogens is 1. The first-order valence-electron chi connectivity index (χ1n) is 8.54. The summed E-state index contributed by atoms with van der Waals surface area (Å²) in [5.41, 5.74) is 2.22. The standard InChI is InChI=1S/C19H18FN5O/c20-15-3-1-14(2-4-15)13-18(26)25-11-9-24(10-12-25)17-6-5-16-19(23-17)22-8-7-21-16/h1-8H,9-13H2. The van der Waals surface area contributed by atoms with Crippen LogP contribution in [-0.2, 0) is 11.2 Å². The van der Waals surface area contributed by atoms with E-state index in [4.69, 9.17) is 0 Å². The number of rotatable bonds is 3. The second kappa shape index (κ2) is 7.03.